The zero-order valence-corrected chi connectivity index (χ0v) is 16.0. The number of carbonyl (C=O) groups excluding carboxylic acids is 2. The number of hydrogen-bond donors (Lipinski definition) is 0. The summed E-state index contributed by atoms with van der Waals surface area (Å²) in [6, 6.07) is 0. The van der Waals surface area contributed by atoms with Crippen molar-refractivity contribution in [3.8, 4) is 0 Å². The highest BCUT2D eigenvalue weighted by Crippen LogP contribution is 2.32. The summed E-state index contributed by atoms with van der Waals surface area (Å²) in [5.41, 5.74) is 0. The molecule has 1 rings (SSSR count). The number of unbranched alkanes of at least 4 members (excludes halogenated alkanes) is 3. The molecule has 140 valence electrons. The monoisotopic (exact) mass is 340 g/mol. The summed E-state index contributed by atoms with van der Waals surface area (Å²) in [6.07, 6.45) is 9.04. The van der Waals surface area contributed by atoms with Gasteiger partial charge in [-0.25, -0.2) is 0 Å². The molecule has 2 unspecified atom stereocenters. The Kier molecular flexibility index (Phi) is 10.0. The SMILES string of the molecule is CC(C)CCCCCCOC(=O)C1CCCCC1C(=O)OC(C)C. The molecule has 4 heteroatoms. The van der Waals surface area contributed by atoms with Gasteiger partial charge in [-0.1, -0.05) is 52.4 Å². The quantitative estimate of drug-likeness (QED) is 0.419. The van der Waals surface area contributed by atoms with Crippen LogP contribution in [0, 0.1) is 17.8 Å². The van der Waals surface area contributed by atoms with Crippen LogP contribution in [0.1, 0.15) is 85.5 Å². The Labute approximate surface area is 147 Å². The van der Waals surface area contributed by atoms with E-state index >= 15 is 0 Å². The first kappa shape index (κ1) is 21.0. The number of hydrogen-bond acceptors (Lipinski definition) is 4. The maximum absolute atomic E-state index is 12.3. The molecule has 2 atom stereocenters. The van der Waals surface area contributed by atoms with E-state index in [1.54, 1.807) is 0 Å². The Balaban J connectivity index is 2.29. The molecule has 4 nitrogen and oxygen atoms in total. The van der Waals surface area contributed by atoms with Gasteiger partial charge in [-0.05, 0) is 39.0 Å². The van der Waals surface area contributed by atoms with E-state index < -0.39 is 0 Å². The Bertz CT molecular complexity index is 376. The zero-order valence-electron chi connectivity index (χ0n) is 16.0. The lowest BCUT2D eigenvalue weighted by molar-refractivity contribution is -0.165. The van der Waals surface area contributed by atoms with Gasteiger partial charge in [-0.2, -0.15) is 0 Å². The van der Waals surface area contributed by atoms with Crippen LogP contribution in [0.25, 0.3) is 0 Å². The molecule has 0 aliphatic heterocycles. The van der Waals surface area contributed by atoms with E-state index in [9.17, 15) is 9.59 Å². The number of ether oxygens (including phenoxy) is 2. The van der Waals surface area contributed by atoms with Crippen molar-refractivity contribution in [2.45, 2.75) is 91.6 Å². The van der Waals surface area contributed by atoms with E-state index in [2.05, 4.69) is 13.8 Å². The Morgan fingerprint density at radius 3 is 2.04 bits per heavy atom. The molecule has 0 saturated heterocycles. The van der Waals surface area contributed by atoms with E-state index in [4.69, 9.17) is 9.47 Å². The summed E-state index contributed by atoms with van der Waals surface area (Å²) >= 11 is 0. The predicted octanol–water partition coefficient (Wildman–Crippen LogP) is 4.89. The molecule has 0 radical (unpaired) electrons. The molecule has 0 bridgehead atoms. The van der Waals surface area contributed by atoms with E-state index in [1.807, 2.05) is 13.8 Å². The van der Waals surface area contributed by atoms with Gasteiger partial charge < -0.3 is 9.47 Å². The van der Waals surface area contributed by atoms with Gasteiger partial charge in [-0.3, -0.25) is 9.59 Å². The molecule has 1 aliphatic carbocycles. The van der Waals surface area contributed by atoms with E-state index in [1.165, 1.54) is 19.3 Å². The third kappa shape index (κ3) is 8.16. The number of esters is 2. The second-order valence-electron chi connectivity index (χ2n) is 7.75. The minimum absolute atomic E-state index is 0.137. The van der Waals surface area contributed by atoms with E-state index in [0.717, 1.165) is 44.4 Å². The number of carbonyl (C=O) groups is 2. The van der Waals surface area contributed by atoms with Crippen LogP contribution in [0.5, 0.6) is 0 Å². The average molecular weight is 341 g/mol. The van der Waals surface area contributed by atoms with Crippen molar-refractivity contribution >= 4 is 11.9 Å². The molecule has 0 aromatic carbocycles. The van der Waals surface area contributed by atoms with Gasteiger partial charge in [0.1, 0.15) is 0 Å². The lowest BCUT2D eigenvalue weighted by Gasteiger charge is -2.28. The first-order chi connectivity index (χ1) is 11.4. The minimum atomic E-state index is -0.320. The van der Waals surface area contributed by atoms with Crippen LogP contribution in [0.15, 0.2) is 0 Å². The molecule has 0 aromatic rings. The first-order valence-electron chi connectivity index (χ1n) is 9.79. The molecular weight excluding hydrogens is 304 g/mol. The molecule has 24 heavy (non-hydrogen) atoms. The van der Waals surface area contributed by atoms with Crippen LogP contribution >= 0.6 is 0 Å². The van der Waals surface area contributed by atoms with Gasteiger partial charge in [0.05, 0.1) is 24.5 Å². The summed E-state index contributed by atoms with van der Waals surface area (Å²) < 4.78 is 10.8. The van der Waals surface area contributed by atoms with Crippen LogP contribution in [0.2, 0.25) is 0 Å². The minimum Gasteiger partial charge on any atom is -0.465 e. The van der Waals surface area contributed by atoms with Crippen molar-refractivity contribution in [3.63, 3.8) is 0 Å². The largest absolute Gasteiger partial charge is 0.465 e. The molecule has 0 N–H and O–H groups in total. The topological polar surface area (TPSA) is 52.6 Å². The highest BCUT2D eigenvalue weighted by molar-refractivity contribution is 5.82. The molecule has 0 aromatic heterocycles. The van der Waals surface area contributed by atoms with E-state index in [0.29, 0.717) is 6.61 Å². The molecule has 0 spiro atoms. The lowest BCUT2D eigenvalue weighted by Crippen LogP contribution is -2.36. The smallest absolute Gasteiger partial charge is 0.310 e. The van der Waals surface area contributed by atoms with E-state index in [-0.39, 0.29) is 29.9 Å². The molecule has 0 amide bonds. The van der Waals surface area contributed by atoms with Crippen LogP contribution in [0.3, 0.4) is 0 Å². The molecule has 1 aliphatic rings. The fraction of sp³-hybridized carbons (Fsp3) is 0.900. The van der Waals surface area contributed by atoms with Crippen LogP contribution in [-0.2, 0) is 19.1 Å². The summed E-state index contributed by atoms with van der Waals surface area (Å²) in [5.74, 6) is -0.315. The molecular formula is C20H36O4. The summed E-state index contributed by atoms with van der Waals surface area (Å²) in [4.78, 5) is 24.5. The van der Waals surface area contributed by atoms with Gasteiger partial charge in [0.25, 0.3) is 0 Å². The number of rotatable bonds is 10. The Hall–Kier alpha value is -1.06. The van der Waals surface area contributed by atoms with Crippen LogP contribution < -0.4 is 0 Å². The molecule has 1 fully saturated rings. The summed E-state index contributed by atoms with van der Waals surface area (Å²) in [7, 11) is 0. The van der Waals surface area contributed by atoms with Crippen molar-refractivity contribution in [2.24, 2.45) is 17.8 Å². The first-order valence-corrected chi connectivity index (χ1v) is 9.79. The van der Waals surface area contributed by atoms with Crippen LogP contribution in [0.4, 0.5) is 0 Å². The average Bonchev–Trinajstić information content (AvgIpc) is 2.52. The standard InChI is InChI=1S/C20H36O4/c1-15(2)11-7-5-6-10-14-23-19(21)17-12-8-9-13-18(17)20(22)24-16(3)4/h15-18H,5-14H2,1-4H3. The van der Waals surface area contributed by atoms with Gasteiger partial charge >= 0.3 is 11.9 Å². The van der Waals surface area contributed by atoms with Crippen molar-refractivity contribution in [2.75, 3.05) is 6.61 Å². The third-order valence-corrected chi connectivity index (χ3v) is 4.64. The Morgan fingerprint density at radius 1 is 0.875 bits per heavy atom. The maximum Gasteiger partial charge on any atom is 0.310 e. The fourth-order valence-corrected chi connectivity index (χ4v) is 3.30. The highest BCUT2D eigenvalue weighted by Gasteiger charge is 2.38. The highest BCUT2D eigenvalue weighted by atomic mass is 16.5. The zero-order chi connectivity index (χ0) is 17.9. The van der Waals surface area contributed by atoms with Gasteiger partial charge in [0.2, 0.25) is 0 Å². The molecule has 0 heterocycles. The Morgan fingerprint density at radius 2 is 1.46 bits per heavy atom. The van der Waals surface area contributed by atoms with Gasteiger partial charge in [0, 0.05) is 0 Å². The fourth-order valence-electron chi connectivity index (χ4n) is 3.30. The maximum atomic E-state index is 12.3. The normalized spacial score (nSPS) is 21.1. The second kappa shape index (κ2) is 11.5. The summed E-state index contributed by atoms with van der Waals surface area (Å²) in [6.45, 7) is 8.64. The van der Waals surface area contributed by atoms with Crippen molar-refractivity contribution in [1.29, 1.82) is 0 Å². The third-order valence-electron chi connectivity index (χ3n) is 4.64. The summed E-state index contributed by atoms with van der Waals surface area (Å²) in [5, 5.41) is 0. The second-order valence-corrected chi connectivity index (χ2v) is 7.75. The molecule has 1 saturated carbocycles. The van der Waals surface area contributed by atoms with Crippen molar-refractivity contribution in [1.82, 2.24) is 0 Å². The lowest BCUT2D eigenvalue weighted by atomic mass is 9.79. The van der Waals surface area contributed by atoms with Gasteiger partial charge in [0.15, 0.2) is 0 Å². The van der Waals surface area contributed by atoms with Crippen LogP contribution in [-0.4, -0.2) is 24.6 Å². The predicted molar refractivity (Wildman–Crippen MR) is 95.6 cm³/mol. The van der Waals surface area contributed by atoms with Crippen molar-refractivity contribution < 1.29 is 19.1 Å². The van der Waals surface area contributed by atoms with Gasteiger partial charge in [-0.15, -0.1) is 0 Å². The van der Waals surface area contributed by atoms with Crippen molar-refractivity contribution in [3.05, 3.63) is 0 Å².